The van der Waals surface area contributed by atoms with Crippen LogP contribution in [-0.2, 0) is 24.1 Å². The highest BCUT2D eigenvalue weighted by Crippen LogP contribution is 2.36. The molecule has 0 aromatic heterocycles. The normalized spacial score (nSPS) is 15.4. The molecule has 0 aliphatic heterocycles. The number of hydrogen-bond donors (Lipinski definition) is 3. The van der Waals surface area contributed by atoms with Crippen LogP contribution in [0.2, 0.25) is 10.0 Å². The van der Waals surface area contributed by atoms with E-state index >= 15 is 0 Å². The SMILES string of the molecule is C[C@H](Oc1ccc(CCC(=O)O)c(Cl)c1Cl)[C@@H](O)CNC(C)(C)CC1Cc2ccccc2C1.Cl. The number of halogens is 3. The van der Waals surface area contributed by atoms with Gasteiger partial charge in [-0.3, -0.25) is 4.79 Å². The zero-order chi connectivity index (χ0) is 24.2. The molecule has 1 aliphatic carbocycles. The van der Waals surface area contributed by atoms with Crippen molar-refractivity contribution in [3.05, 3.63) is 63.1 Å². The number of aliphatic hydroxyl groups excluding tert-OH is 1. The molecule has 0 heterocycles. The van der Waals surface area contributed by atoms with Gasteiger partial charge in [-0.2, -0.15) is 0 Å². The van der Waals surface area contributed by atoms with Crippen molar-refractivity contribution < 1.29 is 19.7 Å². The summed E-state index contributed by atoms with van der Waals surface area (Å²) in [4.78, 5) is 10.8. The number of carbonyl (C=O) groups is 1. The van der Waals surface area contributed by atoms with Crippen molar-refractivity contribution in [3.63, 3.8) is 0 Å². The molecule has 8 heteroatoms. The molecular weight excluding hydrogens is 497 g/mol. The zero-order valence-corrected chi connectivity index (χ0v) is 22.1. The van der Waals surface area contributed by atoms with Gasteiger partial charge in [-0.15, -0.1) is 12.4 Å². The molecule has 34 heavy (non-hydrogen) atoms. The second-order valence-corrected chi connectivity index (χ2v) is 10.4. The molecule has 0 bridgehead atoms. The molecule has 0 saturated carbocycles. The fourth-order valence-electron chi connectivity index (χ4n) is 4.51. The fraction of sp³-hybridized carbons (Fsp3) is 0.500. The number of β-amino-alcohol motifs (C(OH)–C–C–N with tert-alkyl or cyclic N) is 1. The number of aliphatic hydroxyl groups is 1. The van der Waals surface area contributed by atoms with Crippen molar-refractivity contribution in [2.45, 2.75) is 70.6 Å². The number of nitrogens with one attached hydrogen (secondary N) is 1. The number of carboxylic acids is 1. The standard InChI is InChI=1S/C26H33Cl2NO4.ClH/c1-16(33-22-10-8-18(9-11-23(31)32)24(27)25(22)28)21(30)15-29-26(2,3)14-17-12-19-6-4-5-7-20(19)13-17;/h4-8,10,16-17,21,29-30H,9,11-15H2,1-3H3,(H,31,32);1H/t16-,21-;/m0./s1. The van der Waals surface area contributed by atoms with Gasteiger partial charge in [-0.1, -0.05) is 53.5 Å². The number of ether oxygens (including phenoxy) is 1. The minimum Gasteiger partial charge on any atom is -0.486 e. The van der Waals surface area contributed by atoms with Gasteiger partial charge in [0.1, 0.15) is 23.0 Å². The lowest BCUT2D eigenvalue weighted by Gasteiger charge is -2.32. The molecule has 0 fully saturated rings. The number of hydrogen-bond acceptors (Lipinski definition) is 4. The minimum atomic E-state index is -0.896. The van der Waals surface area contributed by atoms with Crippen LogP contribution in [0.5, 0.6) is 5.75 Å². The van der Waals surface area contributed by atoms with Crippen molar-refractivity contribution in [2.24, 2.45) is 5.92 Å². The van der Waals surface area contributed by atoms with Gasteiger partial charge in [0.15, 0.2) is 0 Å². The Morgan fingerprint density at radius 1 is 1.15 bits per heavy atom. The molecule has 188 valence electrons. The lowest BCUT2D eigenvalue weighted by Crippen LogP contribution is -2.48. The summed E-state index contributed by atoms with van der Waals surface area (Å²) in [5, 5.41) is 23.6. The van der Waals surface area contributed by atoms with Crippen molar-refractivity contribution in [1.29, 1.82) is 0 Å². The maximum Gasteiger partial charge on any atom is 0.303 e. The lowest BCUT2D eigenvalue weighted by atomic mass is 9.88. The monoisotopic (exact) mass is 529 g/mol. The first-order valence-corrected chi connectivity index (χ1v) is 12.2. The van der Waals surface area contributed by atoms with E-state index in [4.69, 9.17) is 33.0 Å². The molecule has 3 N–H and O–H groups in total. The van der Waals surface area contributed by atoms with Gasteiger partial charge in [0.05, 0.1) is 5.02 Å². The van der Waals surface area contributed by atoms with Crippen molar-refractivity contribution in [1.82, 2.24) is 5.32 Å². The Bertz CT molecular complexity index is 958. The summed E-state index contributed by atoms with van der Waals surface area (Å²) < 4.78 is 5.89. The molecule has 5 nitrogen and oxygen atoms in total. The Morgan fingerprint density at radius 2 is 1.76 bits per heavy atom. The molecular formula is C26H34Cl3NO4. The summed E-state index contributed by atoms with van der Waals surface area (Å²) in [6.45, 7) is 6.51. The Morgan fingerprint density at radius 3 is 2.35 bits per heavy atom. The van der Waals surface area contributed by atoms with E-state index in [0.717, 1.165) is 19.3 Å². The fourth-order valence-corrected chi connectivity index (χ4v) is 4.99. The smallest absolute Gasteiger partial charge is 0.303 e. The number of carboxylic acid groups (broad SMARTS) is 1. The summed E-state index contributed by atoms with van der Waals surface area (Å²) in [6, 6.07) is 12.0. The third kappa shape index (κ3) is 7.76. The van der Waals surface area contributed by atoms with Crippen LogP contribution in [0.15, 0.2) is 36.4 Å². The molecule has 0 spiro atoms. The van der Waals surface area contributed by atoms with E-state index in [2.05, 4.69) is 43.4 Å². The highest BCUT2D eigenvalue weighted by Gasteiger charge is 2.29. The lowest BCUT2D eigenvalue weighted by molar-refractivity contribution is -0.136. The maximum atomic E-state index is 10.8. The first-order chi connectivity index (χ1) is 15.6. The number of aliphatic carboxylic acids is 1. The number of fused-ring (bicyclic) bond motifs is 1. The van der Waals surface area contributed by atoms with Gasteiger partial charge in [0, 0.05) is 18.5 Å². The van der Waals surface area contributed by atoms with Crippen LogP contribution in [0.3, 0.4) is 0 Å². The van der Waals surface area contributed by atoms with Gasteiger partial charge >= 0.3 is 5.97 Å². The Balaban J connectivity index is 0.00000408. The summed E-state index contributed by atoms with van der Waals surface area (Å²) in [5.41, 5.74) is 3.43. The van der Waals surface area contributed by atoms with E-state index in [1.54, 1.807) is 19.1 Å². The van der Waals surface area contributed by atoms with Gasteiger partial charge in [-0.25, -0.2) is 0 Å². The van der Waals surface area contributed by atoms with E-state index in [0.29, 0.717) is 23.8 Å². The van der Waals surface area contributed by atoms with Crippen LogP contribution in [0.25, 0.3) is 0 Å². The summed E-state index contributed by atoms with van der Waals surface area (Å²) >= 11 is 12.6. The Hall–Kier alpha value is -1.50. The quantitative estimate of drug-likeness (QED) is 0.346. The summed E-state index contributed by atoms with van der Waals surface area (Å²) in [6.07, 6.45) is 2.23. The molecule has 2 aromatic carbocycles. The highest BCUT2D eigenvalue weighted by atomic mass is 35.5. The van der Waals surface area contributed by atoms with Crippen LogP contribution in [0.4, 0.5) is 0 Å². The van der Waals surface area contributed by atoms with Gasteiger partial charge < -0.3 is 20.3 Å². The summed E-state index contributed by atoms with van der Waals surface area (Å²) in [5.74, 6) is 0.0683. The maximum absolute atomic E-state index is 10.8. The van der Waals surface area contributed by atoms with Gasteiger partial charge in [0.2, 0.25) is 0 Å². The molecule has 0 radical (unpaired) electrons. The first kappa shape index (κ1) is 28.7. The zero-order valence-electron chi connectivity index (χ0n) is 19.8. The van der Waals surface area contributed by atoms with Crippen LogP contribution in [-0.4, -0.2) is 40.5 Å². The molecule has 1 aliphatic rings. The molecule has 2 atom stereocenters. The van der Waals surface area contributed by atoms with Gasteiger partial charge in [0.25, 0.3) is 0 Å². The first-order valence-electron chi connectivity index (χ1n) is 11.4. The third-order valence-corrected chi connectivity index (χ3v) is 7.22. The third-order valence-electron chi connectivity index (χ3n) is 6.31. The van der Waals surface area contributed by atoms with E-state index in [1.165, 1.54) is 11.1 Å². The van der Waals surface area contributed by atoms with Crippen LogP contribution < -0.4 is 10.1 Å². The van der Waals surface area contributed by atoms with Crippen LogP contribution in [0, 0.1) is 5.92 Å². The van der Waals surface area contributed by atoms with Crippen molar-refractivity contribution in [2.75, 3.05) is 6.54 Å². The van der Waals surface area contributed by atoms with Crippen molar-refractivity contribution in [3.8, 4) is 5.75 Å². The largest absolute Gasteiger partial charge is 0.486 e. The number of benzene rings is 2. The molecule has 3 rings (SSSR count). The Labute approximate surface area is 218 Å². The predicted octanol–water partition coefficient (Wildman–Crippen LogP) is 5.73. The number of rotatable bonds is 11. The average Bonchev–Trinajstić information content (AvgIpc) is 3.16. The second kappa shape index (κ2) is 12.5. The average molecular weight is 531 g/mol. The highest BCUT2D eigenvalue weighted by molar-refractivity contribution is 6.43. The molecule has 0 saturated heterocycles. The van der Waals surface area contributed by atoms with Crippen LogP contribution >= 0.6 is 35.6 Å². The predicted molar refractivity (Wildman–Crippen MR) is 140 cm³/mol. The Kier molecular flexibility index (Phi) is 10.5. The summed E-state index contributed by atoms with van der Waals surface area (Å²) in [7, 11) is 0. The topological polar surface area (TPSA) is 78.8 Å². The van der Waals surface area contributed by atoms with Crippen LogP contribution in [0.1, 0.15) is 50.3 Å². The van der Waals surface area contributed by atoms with E-state index in [1.807, 2.05) is 0 Å². The molecule has 0 unspecified atom stereocenters. The second-order valence-electron chi connectivity index (χ2n) is 9.65. The van der Waals surface area contributed by atoms with E-state index in [9.17, 15) is 9.90 Å². The number of aryl methyl sites for hydroxylation is 1. The van der Waals surface area contributed by atoms with Gasteiger partial charge in [-0.05, 0) is 75.1 Å². The molecule has 2 aromatic rings. The molecule has 0 amide bonds. The van der Waals surface area contributed by atoms with E-state index in [-0.39, 0.29) is 40.8 Å². The van der Waals surface area contributed by atoms with Crippen molar-refractivity contribution >= 4 is 41.6 Å². The minimum absolute atomic E-state index is 0. The van der Waals surface area contributed by atoms with E-state index < -0.39 is 18.2 Å².